The Morgan fingerprint density at radius 1 is 1.17 bits per heavy atom. The van der Waals surface area contributed by atoms with Crippen LogP contribution in [0.4, 0.5) is 0 Å². The third kappa shape index (κ3) is 2.57. The molecule has 29 heavy (non-hydrogen) atoms. The van der Waals surface area contributed by atoms with Crippen molar-refractivity contribution < 1.29 is 9.90 Å². The van der Waals surface area contributed by atoms with Crippen molar-refractivity contribution in [2.24, 2.45) is 35.6 Å². The van der Waals surface area contributed by atoms with E-state index in [-0.39, 0.29) is 22.8 Å². The van der Waals surface area contributed by atoms with Gasteiger partial charge in [0, 0.05) is 42.9 Å². The Morgan fingerprint density at radius 3 is 2.69 bits per heavy atom. The summed E-state index contributed by atoms with van der Waals surface area (Å²) in [7, 11) is 4.04. The molecule has 1 aromatic rings. The van der Waals surface area contributed by atoms with Crippen LogP contribution in [-0.2, 0) is 11.8 Å². The fourth-order valence-electron chi connectivity index (χ4n) is 7.55. The van der Waals surface area contributed by atoms with Crippen LogP contribution in [0.15, 0.2) is 36.1 Å². The lowest BCUT2D eigenvalue weighted by molar-refractivity contribution is -0.140. The Morgan fingerprint density at radius 2 is 1.97 bits per heavy atom. The number of fused-ring (bicyclic) bond motifs is 5. The molecule has 4 heteroatoms. The van der Waals surface area contributed by atoms with Gasteiger partial charge < -0.3 is 14.6 Å². The molecule has 3 saturated carbocycles. The van der Waals surface area contributed by atoms with Gasteiger partial charge in [0.15, 0.2) is 0 Å². The van der Waals surface area contributed by atoms with Crippen LogP contribution in [-0.4, -0.2) is 39.7 Å². The molecule has 0 bridgehead atoms. The van der Waals surface area contributed by atoms with Gasteiger partial charge in [-0.3, -0.25) is 4.79 Å². The van der Waals surface area contributed by atoms with Gasteiger partial charge in [-0.25, -0.2) is 0 Å². The van der Waals surface area contributed by atoms with Crippen LogP contribution < -0.4 is 0 Å². The van der Waals surface area contributed by atoms with E-state index in [9.17, 15) is 9.90 Å². The first-order chi connectivity index (χ1) is 13.8. The Labute approximate surface area is 174 Å². The van der Waals surface area contributed by atoms with Crippen molar-refractivity contribution in [1.29, 1.82) is 0 Å². The van der Waals surface area contributed by atoms with Crippen LogP contribution in [0.2, 0.25) is 0 Å². The predicted molar refractivity (Wildman–Crippen MR) is 115 cm³/mol. The average Bonchev–Trinajstić information content (AvgIpc) is 3.20. The number of hydrogen-bond donors (Lipinski definition) is 1. The number of hydrogen-bond acceptors (Lipinski definition) is 2. The fraction of sp³-hybridized carbons (Fsp3) is 0.640. The van der Waals surface area contributed by atoms with Gasteiger partial charge in [-0.15, -0.1) is 0 Å². The zero-order valence-electron chi connectivity index (χ0n) is 18.1. The third-order valence-electron chi connectivity index (χ3n) is 9.31. The van der Waals surface area contributed by atoms with Gasteiger partial charge in [0.1, 0.15) is 0 Å². The third-order valence-corrected chi connectivity index (χ3v) is 9.31. The molecule has 0 aromatic carbocycles. The topological polar surface area (TPSA) is 45.5 Å². The van der Waals surface area contributed by atoms with Crippen molar-refractivity contribution in [3.05, 3.63) is 41.7 Å². The molecule has 3 fully saturated rings. The highest BCUT2D eigenvalue weighted by Crippen LogP contribution is 2.64. The summed E-state index contributed by atoms with van der Waals surface area (Å²) in [6.45, 7) is 4.70. The van der Waals surface area contributed by atoms with E-state index in [4.69, 9.17) is 0 Å². The van der Waals surface area contributed by atoms with Crippen molar-refractivity contribution in [1.82, 2.24) is 9.47 Å². The van der Waals surface area contributed by atoms with Crippen molar-refractivity contribution in [2.75, 3.05) is 7.05 Å². The molecule has 0 spiro atoms. The summed E-state index contributed by atoms with van der Waals surface area (Å²) < 4.78 is 2.12. The van der Waals surface area contributed by atoms with E-state index in [2.05, 4.69) is 55.9 Å². The van der Waals surface area contributed by atoms with Gasteiger partial charge in [-0.1, -0.05) is 19.9 Å². The van der Waals surface area contributed by atoms with Gasteiger partial charge >= 0.3 is 0 Å². The standard InChI is InChI=1S/C25H34N2O2/c1-24-12-10-22(28)27(4)21(24)8-7-18-19(24)9-11-25(2)20(18)15-16(23(25)29)14-17-6-5-13-26(17)3/h5-6,10,12-14,18-21,23,29H,7-9,11,15H2,1-4H3/b16-14-/t18-,19+,20+,21-,23+,24-,25+/m1/s1. The zero-order valence-corrected chi connectivity index (χ0v) is 18.1. The number of amides is 1. The van der Waals surface area contributed by atoms with E-state index in [0.29, 0.717) is 23.8 Å². The second-order valence-corrected chi connectivity index (χ2v) is 10.5. The predicted octanol–water partition coefficient (Wildman–Crippen LogP) is 4.02. The zero-order chi connectivity index (χ0) is 20.6. The molecular formula is C25H34N2O2. The quantitative estimate of drug-likeness (QED) is 0.782. The molecule has 4 aliphatic rings. The SMILES string of the molecule is CN1C(=O)C=C[C@]2(C)[C@H]3CC[C@]4(C)[C@@H](O)/C(=C\c5cccn5C)C[C@H]4[C@@H]3CC[C@@H]12. The molecule has 3 aliphatic carbocycles. The van der Waals surface area contributed by atoms with Gasteiger partial charge in [0.25, 0.3) is 0 Å². The molecule has 0 saturated heterocycles. The average molecular weight is 395 g/mol. The lowest BCUT2D eigenvalue weighted by Gasteiger charge is -2.59. The molecule has 1 amide bonds. The minimum Gasteiger partial charge on any atom is -0.388 e. The maximum atomic E-state index is 12.2. The molecule has 0 unspecified atom stereocenters. The lowest BCUT2D eigenvalue weighted by atomic mass is 9.48. The van der Waals surface area contributed by atoms with Crippen LogP contribution in [0, 0.1) is 28.6 Å². The largest absolute Gasteiger partial charge is 0.388 e. The van der Waals surface area contributed by atoms with E-state index in [1.807, 2.05) is 11.9 Å². The summed E-state index contributed by atoms with van der Waals surface area (Å²) >= 11 is 0. The molecule has 0 radical (unpaired) electrons. The Bertz CT molecular complexity index is 898. The summed E-state index contributed by atoms with van der Waals surface area (Å²) in [6, 6.07) is 4.50. The monoisotopic (exact) mass is 394 g/mol. The van der Waals surface area contributed by atoms with Gasteiger partial charge in [0.2, 0.25) is 5.91 Å². The molecule has 156 valence electrons. The van der Waals surface area contributed by atoms with Crippen molar-refractivity contribution >= 4 is 12.0 Å². The Balaban J connectivity index is 1.49. The number of aromatic nitrogens is 1. The van der Waals surface area contributed by atoms with Gasteiger partial charge in [-0.05, 0) is 79.7 Å². The first-order valence-corrected chi connectivity index (χ1v) is 11.2. The van der Waals surface area contributed by atoms with Crippen LogP contribution >= 0.6 is 0 Å². The maximum Gasteiger partial charge on any atom is 0.246 e. The Kier molecular flexibility index (Phi) is 4.19. The highest BCUT2D eigenvalue weighted by Gasteiger charge is 2.61. The molecule has 2 heterocycles. The number of nitrogens with zero attached hydrogens (tertiary/aromatic N) is 2. The molecule has 7 atom stereocenters. The molecule has 1 N–H and O–H groups in total. The second kappa shape index (κ2) is 6.34. The number of likely N-dealkylation sites (N-methyl/N-ethyl adjacent to an activating group) is 1. The van der Waals surface area contributed by atoms with E-state index in [1.165, 1.54) is 17.7 Å². The van der Waals surface area contributed by atoms with Crippen LogP contribution in [0.3, 0.4) is 0 Å². The van der Waals surface area contributed by atoms with Gasteiger partial charge in [0.05, 0.1) is 6.10 Å². The summed E-state index contributed by atoms with van der Waals surface area (Å²) in [6.07, 6.45) is 13.4. The smallest absolute Gasteiger partial charge is 0.246 e. The molecule has 1 aromatic heterocycles. The highest BCUT2D eigenvalue weighted by molar-refractivity contribution is 5.89. The number of rotatable bonds is 1. The first kappa shape index (κ1) is 19.2. The second-order valence-electron chi connectivity index (χ2n) is 10.5. The minimum atomic E-state index is -0.347. The molecular weight excluding hydrogens is 360 g/mol. The molecule has 4 nitrogen and oxygen atoms in total. The molecule has 5 rings (SSSR count). The maximum absolute atomic E-state index is 12.2. The van der Waals surface area contributed by atoms with E-state index >= 15 is 0 Å². The minimum absolute atomic E-state index is 0.0263. The fourth-order valence-corrected chi connectivity index (χ4v) is 7.55. The van der Waals surface area contributed by atoms with E-state index in [0.717, 1.165) is 25.7 Å². The summed E-state index contributed by atoms with van der Waals surface area (Å²) in [4.78, 5) is 14.2. The number of aliphatic hydroxyl groups excluding tert-OH is 1. The lowest BCUT2D eigenvalue weighted by Crippen LogP contribution is -2.59. The van der Waals surface area contributed by atoms with Crippen molar-refractivity contribution in [3.63, 3.8) is 0 Å². The normalized spacial score (nSPS) is 45.3. The Hall–Kier alpha value is -1.81. The van der Waals surface area contributed by atoms with E-state index in [1.54, 1.807) is 6.08 Å². The summed E-state index contributed by atoms with van der Waals surface area (Å²) in [5, 5.41) is 11.4. The van der Waals surface area contributed by atoms with Crippen LogP contribution in [0.25, 0.3) is 6.08 Å². The van der Waals surface area contributed by atoms with E-state index < -0.39 is 0 Å². The number of carbonyl (C=O) groups excluding carboxylic acids is 1. The number of aliphatic hydroxyl groups is 1. The summed E-state index contributed by atoms with van der Waals surface area (Å²) in [5.74, 6) is 1.88. The molecule has 1 aliphatic heterocycles. The van der Waals surface area contributed by atoms with Gasteiger partial charge in [-0.2, -0.15) is 0 Å². The van der Waals surface area contributed by atoms with Crippen LogP contribution in [0.1, 0.15) is 51.6 Å². The summed E-state index contributed by atoms with van der Waals surface area (Å²) in [5.41, 5.74) is 2.41. The van der Waals surface area contributed by atoms with Crippen molar-refractivity contribution in [2.45, 2.75) is 58.1 Å². The van der Waals surface area contributed by atoms with Crippen molar-refractivity contribution in [3.8, 4) is 0 Å². The highest BCUT2D eigenvalue weighted by atomic mass is 16.3. The number of aryl methyl sites for hydroxylation is 1. The first-order valence-electron chi connectivity index (χ1n) is 11.2. The van der Waals surface area contributed by atoms with Crippen LogP contribution in [0.5, 0.6) is 0 Å². The number of carbonyl (C=O) groups is 1.